The van der Waals surface area contributed by atoms with E-state index in [1.807, 2.05) is 47.6 Å². The predicted octanol–water partition coefficient (Wildman–Crippen LogP) is 5.31. The summed E-state index contributed by atoms with van der Waals surface area (Å²) in [6.45, 7) is 11.9. The van der Waals surface area contributed by atoms with Gasteiger partial charge < -0.3 is 19.0 Å². The molecule has 37 heavy (non-hydrogen) atoms. The van der Waals surface area contributed by atoms with Gasteiger partial charge in [0.15, 0.2) is 0 Å². The van der Waals surface area contributed by atoms with Gasteiger partial charge in [0.2, 0.25) is 5.56 Å². The van der Waals surface area contributed by atoms with E-state index in [0.717, 1.165) is 10.9 Å². The minimum Gasteiger partial charge on any atom is -0.507 e. The summed E-state index contributed by atoms with van der Waals surface area (Å²) in [5.74, 6) is 0.808. The zero-order valence-electron chi connectivity index (χ0n) is 22.0. The molecule has 9 nitrogen and oxygen atoms in total. The second-order valence-electron chi connectivity index (χ2n) is 10.8. The number of hydrogen-bond acceptors (Lipinski definition) is 8. The van der Waals surface area contributed by atoms with Crippen LogP contribution in [0.5, 0.6) is 17.2 Å². The van der Waals surface area contributed by atoms with Crippen molar-refractivity contribution >= 4 is 27.5 Å². The van der Waals surface area contributed by atoms with Crippen molar-refractivity contribution in [1.82, 2.24) is 4.98 Å². The van der Waals surface area contributed by atoms with Crippen LogP contribution in [0, 0.1) is 0 Å². The van der Waals surface area contributed by atoms with Gasteiger partial charge in [-0.2, -0.15) is 0 Å². The van der Waals surface area contributed by atoms with Gasteiger partial charge in [0.1, 0.15) is 17.2 Å². The van der Waals surface area contributed by atoms with Crippen LogP contribution in [-0.4, -0.2) is 31.3 Å². The van der Waals surface area contributed by atoms with Crippen molar-refractivity contribution in [2.24, 2.45) is 5.16 Å². The zero-order chi connectivity index (χ0) is 27.4. The maximum absolute atomic E-state index is 12.3. The molecule has 0 atom stereocenters. The van der Waals surface area contributed by atoms with Gasteiger partial charge in [-0.1, -0.05) is 46.7 Å². The van der Waals surface area contributed by atoms with Gasteiger partial charge in [-0.25, -0.2) is 4.28 Å². The van der Waals surface area contributed by atoms with E-state index >= 15 is 0 Å². The minimum absolute atomic E-state index is 0.0377. The fourth-order valence-corrected chi connectivity index (χ4v) is 4.18. The number of fused-ring (bicyclic) bond motifs is 1. The van der Waals surface area contributed by atoms with Gasteiger partial charge in [0.25, 0.3) is 0 Å². The van der Waals surface area contributed by atoms with Crippen molar-refractivity contribution in [3.8, 4) is 17.2 Å². The van der Waals surface area contributed by atoms with Crippen LogP contribution in [-0.2, 0) is 25.5 Å². The molecule has 0 bridgehead atoms. The molecule has 0 aliphatic heterocycles. The number of oxime groups is 1. The SMILES string of the molecule is CC(C)(C)c1cc(OS(=O)(=O)ON=CCCCOc2ccc3[nH]c(=O)ccc3c2)cc(C(C)(C)C)c1O. The quantitative estimate of drug-likeness (QED) is 0.218. The number of hydrogen-bond donors (Lipinski definition) is 2. The molecular weight excluding hydrogens is 496 g/mol. The molecule has 2 aromatic carbocycles. The van der Waals surface area contributed by atoms with Crippen LogP contribution in [0.3, 0.4) is 0 Å². The second-order valence-corrected chi connectivity index (χ2v) is 11.9. The maximum atomic E-state index is 12.3. The van der Waals surface area contributed by atoms with Crippen LogP contribution in [0.4, 0.5) is 0 Å². The van der Waals surface area contributed by atoms with Gasteiger partial charge in [0, 0.05) is 34.3 Å². The second kappa shape index (κ2) is 10.8. The summed E-state index contributed by atoms with van der Waals surface area (Å²) in [7, 11) is -4.47. The van der Waals surface area contributed by atoms with E-state index in [4.69, 9.17) is 8.92 Å². The number of pyridine rings is 1. The van der Waals surface area contributed by atoms with Crippen LogP contribution >= 0.6 is 0 Å². The highest BCUT2D eigenvalue weighted by atomic mass is 32.3. The van der Waals surface area contributed by atoms with Crippen LogP contribution in [0.25, 0.3) is 10.9 Å². The Bertz CT molecular complexity index is 1410. The van der Waals surface area contributed by atoms with Crippen LogP contribution < -0.4 is 14.5 Å². The van der Waals surface area contributed by atoms with E-state index < -0.39 is 21.2 Å². The largest absolute Gasteiger partial charge is 0.521 e. The number of aromatic hydroxyl groups is 1. The Balaban J connectivity index is 1.55. The Morgan fingerprint density at radius 3 is 2.22 bits per heavy atom. The highest BCUT2D eigenvalue weighted by molar-refractivity contribution is 7.82. The van der Waals surface area contributed by atoms with Gasteiger partial charge in [-0.05, 0) is 60.1 Å². The number of nitrogens with zero attached hydrogens (tertiary/aromatic N) is 1. The molecule has 2 N–H and O–H groups in total. The Kier molecular flexibility index (Phi) is 8.22. The number of rotatable bonds is 9. The molecule has 0 spiro atoms. The van der Waals surface area contributed by atoms with Crippen molar-refractivity contribution in [3.63, 3.8) is 0 Å². The van der Waals surface area contributed by atoms with Crippen LogP contribution in [0.2, 0.25) is 0 Å². The van der Waals surface area contributed by atoms with Gasteiger partial charge in [-0.15, -0.1) is 8.42 Å². The zero-order valence-corrected chi connectivity index (χ0v) is 22.8. The number of H-pyrrole nitrogens is 1. The normalized spacial score (nSPS) is 12.7. The smallest absolute Gasteiger partial charge is 0.507 e. The third-order valence-corrected chi connectivity index (χ3v) is 6.21. The number of benzene rings is 2. The number of aromatic amines is 1. The molecule has 0 aliphatic rings. The van der Waals surface area contributed by atoms with Gasteiger partial charge in [-0.3, -0.25) is 4.79 Å². The molecule has 3 aromatic rings. The number of phenols is 1. The molecule has 10 heteroatoms. The maximum Gasteiger partial charge on any atom is 0.521 e. The standard InChI is InChI=1S/C27H34N2O7S/c1-26(2,3)21-16-20(17-22(25(21)31)27(4,5)6)35-37(32,33)36-28-13-7-8-14-34-19-10-11-23-18(15-19)9-12-24(30)29-23/h9-13,15-17,31H,7-8,14H2,1-6H3,(H,29,30). The van der Waals surface area contributed by atoms with E-state index in [1.54, 1.807) is 18.2 Å². The molecule has 200 valence electrons. The molecule has 1 aromatic heterocycles. The third kappa shape index (κ3) is 7.72. The molecule has 0 unspecified atom stereocenters. The van der Waals surface area contributed by atoms with Crippen molar-refractivity contribution in [1.29, 1.82) is 0 Å². The topological polar surface area (TPSA) is 127 Å². The summed E-state index contributed by atoms with van der Waals surface area (Å²) in [4.78, 5) is 14.1. The average molecular weight is 531 g/mol. The summed E-state index contributed by atoms with van der Waals surface area (Å²) in [6.07, 6.45) is 2.31. The van der Waals surface area contributed by atoms with E-state index in [2.05, 4.69) is 14.4 Å². The van der Waals surface area contributed by atoms with Gasteiger partial charge in [0.05, 0.1) is 6.61 Å². The number of unbranched alkanes of at least 4 members (excludes halogenated alkanes) is 1. The number of ether oxygens (including phenoxy) is 1. The monoisotopic (exact) mass is 530 g/mol. The molecule has 0 radical (unpaired) electrons. The van der Waals surface area contributed by atoms with Crippen molar-refractivity contribution in [2.75, 3.05) is 6.61 Å². The molecule has 0 amide bonds. The average Bonchev–Trinajstić information content (AvgIpc) is 2.77. The molecule has 0 fully saturated rings. The Morgan fingerprint density at radius 1 is 0.946 bits per heavy atom. The molecular formula is C27H34N2O7S. The van der Waals surface area contributed by atoms with Crippen LogP contribution in [0.15, 0.2) is 52.4 Å². The van der Waals surface area contributed by atoms with E-state index in [-0.39, 0.29) is 17.1 Å². The Hall–Kier alpha value is -3.53. The molecule has 0 saturated carbocycles. The number of aromatic nitrogens is 1. The highest BCUT2D eigenvalue weighted by Gasteiger charge is 2.28. The number of phenolic OH excluding ortho intramolecular Hbond substituents is 1. The molecule has 0 aliphatic carbocycles. The first-order valence-electron chi connectivity index (χ1n) is 11.9. The van der Waals surface area contributed by atoms with Crippen molar-refractivity contribution in [3.05, 3.63) is 63.9 Å². The first kappa shape index (κ1) is 28.0. The fraction of sp³-hybridized carbons (Fsp3) is 0.407. The Labute approximate surface area is 217 Å². The lowest BCUT2D eigenvalue weighted by atomic mass is 9.79. The lowest BCUT2D eigenvalue weighted by Crippen LogP contribution is -2.18. The van der Waals surface area contributed by atoms with E-state index in [9.17, 15) is 18.3 Å². The lowest BCUT2D eigenvalue weighted by molar-refractivity contribution is 0.286. The number of nitrogens with one attached hydrogen (secondary N) is 1. The summed E-state index contributed by atoms with van der Waals surface area (Å²) < 4.78 is 40.1. The lowest BCUT2D eigenvalue weighted by Gasteiger charge is -2.27. The van der Waals surface area contributed by atoms with E-state index in [1.165, 1.54) is 24.4 Å². The van der Waals surface area contributed by atoms with Crippen LogP contribution in [0.1, 0.15) is 65.5 Å². The molecule has 0 saturated heterocycles. The van der Waals surface area contributed by atoms with Crippen molar-refractivity contribution in [2.45, 2.75) is 65.2 Å². The highest BCUT2D eigenvalue weighted by Crippen LogP contribution is 2.42. The third-order valence-electron chi connectivity index (χ3n) is 5.55. The Morgan fingerprint density at radius 2 is 1.59 bits per heavy atom. The summed E-state index contributed by atoms with van der Waals surface area (Å²) in [6, 6.07) is 11.5. The van der Waals surface area contributed by atoms with E-state index in [0.29, 0.717) is 36.3 Å². The summed E-state index contributed by atoms with van der Waals surface area (Å²) in [5.41, 5.74) is 0.799. The van der Waals surface area contributed by atoms with Gasteiger partial charge >= 0.3 is 10.4 Å². The molecule has 3 rings (SSSR count). The fourth-order valence-electron chi connectivity index (χ4n) is 3.66. The summed E-state index contributed by atoms with van der Waals surface area (Å²) in [5, 5.41) is 15.1. The summed E-state index contributed by atoms with van der Waals surface area (Å²) >= 11 is 0. The van der Waals surface area contributed by atoms with Crippen molar-refractivity contribution < 1.29 is 26.7 Å². The molecule has 1 heterocycles. The first-order chi connectivity index (χ1) is 17.2. The predicted molar refractivity (Wildman–Crippen MR) is 144 cm³/mol. The minimum atomic E-state index is -4.47. The first-order valence-corrected chi connectivity index (χ1v) is 13.3.